The van der Waals surface area contributed by atoms with Gasteiger partial charge in [0, 0.05) is 30.6 Å². The Morgan fingerprint density at radius 2 is 1.75 bits per heavy atom. The third-order valence-electron chi connectivity index (χ3n) is 5.38. The summed E-state index contributed by atoms with van der Waals surface area (Å²) in [5, 5.41) is 7.47. The van der Waals surface area contributed by atoms with Crippen LogP contribution in [0.5, 0.6) is 0 Å². The van der Waals surface area contributed by atoms with E-state index in [-0.39, 0.29) is 23.1 Å². The van der Waals surface area contributed by atoms with Crippen LogP contribution in [0.2, 0.25) is 0 Å². The predicted molar refractivity (Wildman–Crippen MR) is 113 cm³/mol. The first-order chi connectivity index (χ1) is 15.1. The van der Waals surface area contributed by atoms with Crippen molar-refractivity contribution >= 4 is 23.8 Å². The van der Waals surface area contributed by atoms with Gasteiger partial charge in [-0.25, -0.2) is 22.9 Å². The van der Waals surface area contributed by atoms with Gasteiger partial charge in [0.15, 0.2) is 11.6 Å². The van der Waals surface area contributed by atoms with E-state index in [1.807, 2.05) is 0 Å². The maximum absolute atomic E-state index is 14.8. The van der Waals surface area contributed by atoms with Crippen molar-refractivity contribution in [3.05, 3.63) is 76.7 Å². The fraction of sp³-hybridized carbons (Fsp3) is 0.174. The van der Waals surface area contributed by atoms with Gasteiger partial charge in [-0.15, -0.1) is 0 Å². The molecule has 1 aliphatic heterocycles. The van der Waals surface area contributed by atoms with Crippen LogP contribution in [-0.2, 0) is 4.79 Å². The lowest BCUT2D eigenvalue weighted by molar-refractivity contribution is -0.121. The first-order valence-corrected chi connectivity index (χ1v) is 9.43. The largest absolute Gasteiger partial charge is 0.404 e. The Morgan fingerprint density at radius 3 is 2.31 bits per heavy atom. The van der Waals surface area contributed by atoms with Gasteiger partial charge < -0.3 is 16.0 Å². The second kappa shape index (κ2) is 8.59. The highest BCUT2D eigenvalue weighted by Gasteiger charge is 2.48. The summed E-state index contributed by atoms with van der Waals surface area (Å²) in [5.41, 5.74) is 3.57. The van der Waals surface area contributed by atoms with E-state index in [1.165, 1.54) is 32.2 Å². The zero-order valence-electron chi connectivity index (χ0n) is 17.2. The van der Waals surface area contributed by atoms with Gasteiger partial charge >= 0.3 is 6.03 Å². The summed E-state index contributed by atoms with van der Waals surface area (Å²) >= 11 is 0. The van der Waals surface area contributed by atoms with Crippen LogP contribution < -0.4 is 10.6 Å². The standard InChI is InChI=1S/C23H19F3N4O2/c1-23(16(12-27)13-28)11-20(31)30(22(32)29(23)2)21-18(25)9-14(10-19(21)26)7-8-15-5-3-4-6-17(15)24/h3-6,9-10,12-13,27H,11,28H2,1-2H3/b16-13+,27-12?/t23-/m0/s1. The van der Waals surface area contributed by atoms with E-state index < -0.39 is 40.6 Å². The molecule has 0 bridgehead atoms. The van der Waals surface area contributed by atoms with E-state index >= 15 is 0 Å². The topological polar surface area (TPSA) is 90.5 Å². The lowest BCUT2D eigenvalue weighted by Gasteiger charge is -2.45. The number of nitrogens with zero attached hydrogens (tertiary/aromatic N) is 2. The van der Waals surface area contributed by atoms with Crippen molar-refractivity contribution < 1.29 is 22.8 Å². The molecular weight excluding hydrogens is 421 g/mol. The van der Waals surface area contributed by atoms with Crippen LogP contribution in [0.4, 0.5) is 23.7 Å². The average molecular weight is 440 g/mol. The quantitative estimate of drug-likeness (QED) is 0.565. The number of carbonyl (C=O) groups is 2. The monoisotopic (exact) mass is 440 g/mol. The normalized spacial score (nSPS) is 19.0. The molecule has 0 aliphatic carbocycles. The molecule has 0 aromatic heterocycles. The number of carbonyl (C=O) groups excluding carboxylic acids is 2. The number of nitrogens with two attached hydrogens (primary N) is 1. The molecule has 0 saturated carbocycles. The zero-order valence-corrected chi connectivity index (χ0v) is 17.2. The smallest absolute Gasteiger partial charge is 0.332 e. The number of amides is 3. The van der Waals surface area contributed by atoms with Gasteiger partial charge in [0.2, 0.25) is 5.91 Å². The van der Waals surface area contributed by atoms with Crippen LogP contribution in [0.1, 0.15) is 24.5 Å². The lowest BCUT2D eigenvalue weighted by Crippen LogP contribution is -2.62. The third kappa shape index (κ3) is 3.83. The van der Waals surface area contributed by atoms with E-state index in [9.17, 15) is 22.8 Å². The number of urea groups is 1. The van der Waals surface area contributed by atoms with Crippen molar-refractivity contribution in [3.8, 4) is 11.8 Å². The van der Waals surface area contributed by atoms with Crippen LogP contribution in [-0.4, -0.2) is 35.6 Å². The number of rotatable bonds is 3. The highest BCUT2D eigenvalue weighted by atomic mass is 19.1. The Labute approximate surface area is 182 Å². The Bertz CT molecular complexity index is 1190. The molecule has 2 aromatic carbocycles. The van der Waals surface area contributed by atoms with E-state index in [0.717, 1.165) is 29.4 Å². The van der Waals surface area contributed by atoms with Gasteiger partial charge in [0.1, 0.15) is 11.5 Å². The van der Waals surface area contributed by atoms with Gasteiger partial charge in [0.25, 0.3) is 0 Å². The van der Waals surface area contributed by atoms with Crippen LogP contribution in [0.15, 0.2) is 48.2 Å². The Balaban J connectivity index is 1.99. The van der Waals surface area contributed by atoms with E-state index in [4.69, 9.17) is 11.1 Å². The van der Waals surface area contributed by atoms with Gasteiger partial charge in [-0.1, -0.05) is 24.0 Å². The minimum atomic E-state index is -1.25. The molecule has 9 heteroatoms. The number of nitrogens with one attached hydrogen (secondary N) is 1. The summed E-state index contributed by atoms with van der Waals surface area (Å²) in [6, 6.07) is 6.42. The van der Waals surface area contributed by atoms with E-state index in [0.29, 0.717) is 4.90 Å². The molecule has 3 amide bonds. The summed E-state index contributed by atoms with van der Waals surface area (Å²) in [5.74, 6) is 1.17. The number of benzene rings is 2. The molecule has 2 aromatic rings. The van der Waals surface area contributed by atoms with Crippen molar-refractivity contribution in [3.63, 3.8) is 0 Å². The van der Waals surface area contributed by atoms with Crippen LogP contribution in [0.3, 0.4) is 0 Å². The number of halogens is 3. The molecule has 6 nitrogen and oxygen atoms in total. The van der Waals surface area contributed by atoms with Crippen LogP contribution in [0.25, 0.3) is 0 Å². The SMILES string of the molecule is CN1C(=O)N(c2c(F)cc(C#Cc3ccccc3F)cc2F)C(=O)C[C@@]1(C)/C(C=N)=C/N. The maximum atomic E-state index is 14.8. The maximum Gasteiger partial charge on any atom is 0.332 e. The highest BCUT2D eigenvalue weighted by molar-refractivity contribution is 6.17. The Morgan fingerprint density at radius 1 is 1.12 bits per heavy atom. The minimum absolute atomic E-state index is 0.0506. The number of hydrogen-bond acceptors (Lipinski definition) is 4. The van der Waals surface area contributed by atoms with E-state index in [1.54, 1.807) is 6.07 Å². The lowest BCUT2D eigenvalue weighted by atomic mass is 9.85. The van der Waals surface area contributed by atoms with Gasteiger partial charge in [-0.3, -0.25) is 4.79 Å². The molecule has 164 valence electrons. The number of likely N-dealkylation sites (N-methyl/N-ethyl adjacent to an activating group) is 1. The van der Waals surface area contributed by atoms with Crippen molar-refractivity contribution in [2.24, 2.45) is 5.73 Å². The number of hydrogen-bond donors (Lipinski definition) is 2. The van der Waals surface area contributed by atoms with E-state index in [2.05, 4.69) is 11.8 Å². The second-order valence-electron chi connectivity index (χ2n) is 7.31. The molecule has 1 saturated heterocycles. The molecule has 0 radical (unpaired) electrons. The first-order valence-electron chi connectivity index (χ1n) is 9.43. The second-order valence-corrected chi connectivity index (χ2v) is 7.31. The zero-order chi connectivity index (χ0) is 23.6. The summed E-state index contributed by atoms with van der Waals surface area (Å²) in [6.45, 7) is 1.53. The highest BCUT2D eigenvalue weighted by Crippen LogP contribution is 2.36. The molecule has 0 unspecified atom stereocenters. The van der Waals surface area contributed by atoms with Crippen LogP contribution >= 0.6 is 0 Å². The summed E-state index contributed by atoms with van der Waals surface area (Å²) in [4.78, 5) is 27.2. The van der Waals surface area contributed by atoms with Gasteiger partial charge in [0.05, 0.1) is 17.5 Å². The molecule has 3 N–H and O–H groups in total. The summed E-state index contributed by atoms with van der Waals surface area (Å²) < 4.78 is 43.4. The number of imide groups is 1. The van der Waals surface area contributed by atoms with Gasteiger partial charge in [-0.05, 0) is 31.2 Å². The molecule has 0 spiro atoms. The molecule has 1 fully saturated rings. The average Bonchev–Trinajstić information content (AvgIpc) is 2.74. The third-order valence-corrected chi connectivity index (χ3v) is 5.38. The van der Waals surface area contributed by atoms with Gasteiger partial charge in [-0.2, -0.15) is 0 Å². The predicted octanol–water partition coefficient (Wildman–Crippen LogP) is 3.54. The number of anilines is 1. The molecular formula is C23H19F3N4O2. The first kappa shape index (κ1) is 22.6. The van der Waals surface area contributed by atoms with Crippen molar-refractivity contribution in [2.75, 3.05) is 11.9 Å². The van der Waals surface area contributed by atoms with Crippen molar-refractivity contribution in [2.45, 2.75) is 18.9 Å². The molecule has 1 aliphatic rings. The summed E-state index contributed by atoms with van der Waals surface area (Å²) in [6.07, 6.45) is 1.67. The van der Waals surface area contributed by atoms with Crippen molar-refractivity contribution in [1.29, 1.82) is 5.41 Å². The van der Waals surface area contributed by atoms with Crippen molar-refractivity contribution in [1.82, 2.24) is 4.90 Å². The molecule has 1 heterocycles. The Kier molecular flexibility index (Phi) is 6.07. The minimum Gasteiger partial charge on any atom is -0.404 e. The van der Waals surface area contributed by atoms with Crippen LogP contribution in [0, 0.1) is 34.7 Å². The summed E-state index contributed by atoms with van der Waals surface area (Å²) in [7, 11) is 1.35. The Hall–Kier alpha value is -4.06. The molecule has 1 atom stereocenters. The molecule has 32 heavy (non-hydrogen) atoms. The fourth-order valence-corrected chi connectivity index (χ4v) is 3.41. The molecule has 3 rings (SSSR count). The fourth-order valence-electron chi connectivity index (χ4n) is 3.41.